The number of nitrogens with zero attached hydrogens (tertiary/aromatic N) is 1. The van der Waals surface area contributed by atoms with Crippen molar-refractivity contribution in [3.05, 3.63) is 34.4 Å². The maximum absolute atomic E-state index is 10.9. The molecule has 4 heteroatoms. The third-order valence-corrected chi connectivity index (χ3v) is 3.17. The van der Waals surface area contributed by atoms with Gasteiger partial charge >= 0.3 is 0 Å². The highest BCUT2D eigenvalue weighted by molar-refractivity contribution is 9.10. The van der Waals surface area contributed by atoms with E-state index in [2.05, 4.69) is 15.9 Å². The van der Waals surface area contributed by atoms with Crippen molar-refractivity contribution in [3.63, 3.8) is 0 Å². The van der Waals surface area contributed by atoms with Crippen LogP contribution in [-0.2, 0) is 6.54 Å². The first-order chi connectivity index (χ1) is 7.27. The van der Waals surface area contributed by atoms with Crippen molar-refractivity contribution < 1.29 is 4.79 Å². The molecule has 0 unspecified atom stereocenters. The summed E-state index contributed by atoms with van der Waals surface area (Å²) in [6.07, 6.45) is 2.71. The van der Waals surface area contributed by atoms with Crippen molar-refractivity contribution in [2.45, 2.75) is 6.54 Å². The zero-order valence-electron chi connectivity index (χ0n) is 7.91. The number of aromatic nitrogens is 1. The van der Waals surface area contributed by atoms with Gasteiger partial charge in [0.15, 0.2) is 6.29 Å². The molecule has 15 heavy (non-hydrogen) atoms. The summed E-state index contributed by atoms with van der Waals surface area (Å²) in [5, 5.41) is 0.956. The summed E-state index contributed by atoms with van der Waals surface area (Å²) in [6.45, 7) is 0.711. The van der Waals surface area contributed by atoms with Crippen LogP contribution in [0.15, 0.2) is 28.9 Å². The van der Waals surface area contributed by atoms with Crippen LogP contribution in [-0.4, -0.2) is 16.7 Å². The molecule has 2 nitrogen and oxygen atoms in total. The summed E-state index contributed by atoms with van der Waals surface area (Å²) in [5.41, 5.74) is 1.73. The summed E-state index contributed by atoms with van der Waals surface area (Å²) < 4.78 is 2.94. The average Bonchev–Trinajstić information content (AvgIpc) is 2.59. The lowest BCUT2D eigenvalue weighted by Crippen LogP contribution is -1.96. The molecule has 0 atom stereocenters. The van der Waals surface area contributed by atoms with Crippen LogP contribution in [0.25, 0.3) is 10.9 Å². The smallest absolute Gasteiger partial charge is 0.152 e. The van der Waals surface area contributed by atoms with E-state index in [4.69, 9.17) is 11.6 Å². The van der Waals surface area contributed by atoms with E-state index in [0.717, 1.165) is 21.7 Å². The lowest BCUT2D eigenvalue weighted by atomic mass is 10.2. The molecule has 0 saturated heterocycles. The molecule has 1 aromatic heterocycles. The molecule has 0 fully saturated rings. The van der Waals surface area contributed by atoms with Gasteiger partial charge in [0, 0.05) is 39.6 Å². The van der Waals surface area contributed by atoms with Crippen LogP contribution < -0.4 is 0 Å². The second kappa shape index (κ2) is 4.37. The number of aryl methyl sites for hydroxylation is 1. The van der Waals surface area contributed by atoms with Crippen LogP contribution in [0.5, 0.6) is 0 Å². The minimum atomic E-state index is 0.536. The molecule has 0 N–H and O–H groups in total. The predicted molar refractivity (Wildman–Crippen MR) is 65.7 cm³/mol. The van der Waals surface area contributed by atoms with Crippen LogP contribution in [0, 0.1) is 0 Å². The van der Waals surface area contributed by atoms with Gasteiger partial charge in [-0.2, -0.15) is 0 Å². The van der Waals surface area contributed by atoms with Crippen molar-refractivity contribution in [2.24, 2.45) is 0 Å². The molecule has 0 bridgehead atoms. The van der Waals surface area contributed by atoms with Crippen molar-refractivity contribution in [1.29, 1.82) is 0 Å². The van der Waals surface area contributed by atoms with Gasteiger partial charge in [0.2, 0.25) is 0 Å². The molecule has 0 saturated carbocycles. The number of alkyl halides is 1. The molecule has 0 aliphatic rings. The van der Waals surface area contributed by atoms with E-state index in [0.29, 0.717) is 18.0 Å². The summed E-state index contributed by atoms with van der Waals surface area (Å²) in [6, 6.07) is 5.87. The van der Waals surface area contributed by atoms with Gasteiger partial charge in [0.05, 0.1) is 0 Å². The van der Waals surface area contributed by atoms with E-state index in [9.17, 15) is 4.79 Å². The summed E-state index contributed by atoms with van der Waals surface area (Å²) in [7, 11) is 0. The van der Waals surface area contributed by atoms with Gasteiger partial charge in [-0.3, -0.25) is 4.79 Å². The van der Waals surface area contributed by atoms with Gasteiger partial charge < -0.3 is 4.57 Å². The minimum Gasteiger partial charge on any atom is -0.346 e. The first-order valence-electron chi connectivity index (χ1n) is 4.56. The number of hydrogen-bond acceptors (Lipinski definition) is 1. The number of aldehydes is 1. The maximum Gasteiger partial charge on any atom is 0.152 e. The topological polar surface area (TPSA) is 22.0 Å². The first kappa shape index (κ1) is 10.7. The SMILES string of the molecule is O=Cc1cn(CCCl)c2cccc(Br)c12. The molecule has 2 rings (SSSR count). The Labute approximate surface area is 101 Å². The van der Waals surface area contributed by atoms with Crippen LogP contribution >= 0.6 is 27.5 Å². The zero-order valence-corrected chi connectivity index (χ0v) is 10.3. The van der Waals surface area contributed by atoms with E-state index >= 15 is 0 Å². The van der Waals surface area contributed by atoms with Crippen molar-refractivity contribution in [2.75, 3.05) is 5.88 Å². The number of hydrogen-bond donors (Lipinski definition) is 0. The first-order valence-corrected chi connectivity index (χ1v) is 5.89. The quantitative estimate of drug-likeness (QED) is 0.626. The fourth-order valence-corrected chi connectivity index (χ4v) is 2.47. The van der Waals surface area contributed by atoms with Crippen LogP contribution in [0.4, 0.5) is 0 Å². The number of carbonyl (C=O) groups excluding carboxylic acids is 1. The Hall–Kier alpha value is -0.800. The molecule has 0 amide bonds. The molecule has 0 aliphatic carbocycles. The zero-order chi connectivity index (χ0) is 10.8. The van der Waals surface area contributed by atoms with Gasteiger partial charge in [0.25, 0.3) is 0 Å². The molecule has 0 spiro atoms. The highest BCUT2D eigenvalue weighted by Crippen LogP contribution is 2.28. The Bertz CT molecular complexity index is 507. The van der Waals surface area contributed by atoms with Gasteiger partial charge in [-0.15, -0.1) is 11.6 Å². The molecule has 1 aromatic carbocycles. The molecule has 0 radical (unpaired) electrons. The normalized spacial score (nSPS) is 10.8. The Kier molecular flexibility index (Phi) is 3.12. The van der Waals surface area contributed by atoms with E-state index in [-0.39, 0.29) is 0 Å². The highest BCUT2D eigenvalue weighted by Gasteiger charge is 2.09. The second-order valence-corrected chi connectivity index (χ2v) is 4.45. The number of carbonyl (C=O) groups is 1. The van der Waals surface area contributed by atoms with Gasteiger partial charge in [-0.25, -0.2) is 0 Å². The van der Waals surface area contributed by atoms with Crippen molar-refractivity contribution >= 4 is 44.7 Å². The Morgan fingerprint density at radius 1 is 1.47 bits per heavy atom. The molecule has 78 valence electrons. The summed E-state index contributed by atoms with van der Waals surface area (Å²) in [5.74, 6) is 0.536. The average molecular weight is 287 g/mol. The third kappa shape index (κ3) is 1.82. The standard InChI is InChI=1S/C11H9BrClNO/c12-9-2-1-3-10-11(9)8(7-15)6-14(10)5-4-13/h1-3,6-7H,4-5H2. The van der Waals surface area contributed by atoms with Gasteiger partial charge in [0.1, 0.15) is 0 Å². The number of rotatable bonds is 3. The number of fused-ring (bicyclic) bond motifs is 1. The highest BCUT2D eigenvalue weighted by atomic mass is 79.9. The van der Waals surface area contributed by atoms with Crippen molar-refractivity contribution in [3.8, 4) is 0 Å². The Morgan fingerprint density at radius 3 is 2.93 bits per heavy atom. The van der Waals surface area contributed by atoms with E-state index in [1.54, 1.807) is 0 Å². The monoisotopic (exact) mass is 285 g/mol. The summed E-state index contributed by atoms with van der Waals surface area (Å²) in [4.78, 5) is 10.9. The van der Waals surface area contributed by atoms with Crippen LogP contribution in [0.3, 0.4) is 0 Å². The molecule has 2 aromatic rings. The predicted octanol–water partition coefficient (Wildman–Crippen LogP) is 3.46. The molecular weight excluding hydrogens is 277 g/mol. The van der Waals surface area contributed by atoms with E-state index < -0.39 is 0 Å². The molecular formula is C11H9BrClNO. The lowest BCUT2D eigenvalue weighted by molar-refractivity contribution is 0.112. The number of halogens is 2. The van der Waals surface area contributed by atoms with Gasteiger partial charge in [-0.05, 0) is 12.1 Å². The maximum atomic E-state index is 10.9. The van der Waals surface area contributed by atoms with Crippen LogP contribution in [0.1, 0.15) is 10.4 Å². The van der Waals surface area contributed by atoms with Crippen LogP contribution in [0.2, 0.25) is 0 Å². The largest absolute Gasteiger partial charge is 0.346 e. The molecule has 0 aliphatic heterocycles. The number of benzene rings is 1. The third-order valence-electron chi connectivity index (χ3n) is 2.34. The van der Waals surface area contributed by atoms with E-state index in [1.165, 1.54) is 0 Å². The van der Waals surface area contributed by atoms with Crippen molar-refractivity contribution in [1.82, 2.24) is 4.57 Å². The van der Waals surface area contributed by atoms with Gasteiger partial charge in [-0.1, -0.05) is 22.0 Å². The lowest BCUT2D eigenvalue weighted by Gasteiger charge is -2.01. The fraction of sp³-hybridized carbons (Fsp3) is 0.182. The Balaban J connectivity index is 2.75. The van der Waals surface area contributed by atoms with E-state index in [1.807, 2.05) is 29.0 Å². The molecule has 1 heterocycles. The summed E-state index contributed by atoms with van der Waals surface area (Å²) >= 11 is 9.16. The fourth-order valence-electron chi connectivity index (χ4n) is 1.71. The second-order valence-electron chi connectivity index (χ2n) is 3.22. The Morgan fingerprint density at radius 2 is 2.27 bits per heavy atom. The minimum absolute atomic E-state index is 0.536.